The van der Waals surface area contributed by atoms with Crippen molar-refractivity contribution in [1.29, 1.82) is 0 Å². The smallest absolute Gasteiger partial charge is 0.318 e. The van der Waals surface area contributed by atoms with E-state index < -0.39 is 8.32 Å². The number of ether oxygens (including phenoxy) is 5. The summed E-state index contributed by atoms with van der Waals surface area (Å²) < 4.78 is 30.9. The van der Waals surface area contributed by atoms with Gasteiger partial charge in [-0.05, 0) is 19.6 Å². The zero-order valence-corrected chi connectivity index (χ0v) is 16.1. The molecule has 0 bridgehead atoms. The molecule has 8 nitrogen and oxygen atoms in total. The molecule has 0 fully saturated rings. The van der Waals surface area contributed by atoms with E-state index in [9.17, 15) is 9.59 Å². The number of rotatable bonds is 15. The predicted molar refractivity (Wildman–Crippen MR) is 89.3 cm³/mol. The minimum absolute atomic E-state index is 0.0468. The Kier molecular flexibility index (Phi) is 13.7. The quantitative estimate of drug-likeness (QED) is 0.241. The van der Waals surface area contributed by atoms with Crippen LogP contribution in [-0.2, 0) is 37.7 Å². The Morgan fingerprint density at radius 1 is 0.708 bits per heavy atom. The summed E-state index contributed by atoms with van der Waals surface area (Å²) in [5, 5.41) is 0. The highest BCUT2D eigenvalue weighted by Crippen LogP contribution is 2.02. The molecule has 0 aromatic carbocycles. The van der Waals surface area contributed by atoms with E-state index in [-0.39, 0.29) is 25.2 Å². The lowest BCUT2D eigenvalue weighted by Gasteiger charge is -2.17. The standard InChI is InChI=1S/C15H30O8Si/c1-14(16)22-12-11-20-8-7-18-5-6-19-9-10-21-13-15(17)23-24(2,3)4/h5-13H2,1-4H3. The summed E-state index contributed by atoms with van der Waals surface area (Å²) in [4.78, 5) is 21.9. The van der Waals surface area contributed by atoms with Crippen LogP contribution in [0.15, 0.2) is 0 Å². The van der Waals surface area contributed by atoms with Gasteiger partial charge in [0, 0.05) is 6.92 Å². The van der Waals surface area contributed by atoms with Gasteiger partial charge in [0.15, 0.2) is 0 Å². The fourth-order valence-corrected chi connectivity index (χ4v) is 2.17. The van der Waals surface area contributed by atoms with Crippen molar-refractivity contribution in [2.24, 2.45) is 0 Å². The maximum Gasteiger partial charge on any atom is 0.318 e. The van der Waals surface area contributed by atoms with Gasteiger partial charge in [-0.1, -0.05) is 0 Å². The first-order chi connectivity index (χ1) is 11.3. The van der Waals surface area contributed by atoms with Crippen LogP contribution in [0.5, 0.6) is 0 Å². The minimum atomic E-state index is -1.84. The van der Waals surface area contributed by atoms with Crippen molar-refractivity contribution < 1.29 is 37.7 Å². The second-order valence-corrected chi connectivity index (χ2v) is 10.2. The van der Waals surface area contributed by atoms with Crippen LogP contribution in [0.2, 0.25) is 19.6 Å². The van der Waals surface area contributed by atoms with Gasteiger partial charge in [0.05, 0.1) is 46.2 Å². The molecule has 0 spiro atoms. The topological polar surface area (TPSA) is 89.5 Å². The monoisotopic (exact) mass is 366 g/mol. The molecule has 9 heteroatoms. The van der Waals surface area contributed by atoms with Crippen LogP contribution >= 0.6 is 0 Å². The van der Waals surface area contributed by atoms with Gasteiger partial charge < -0.3 is 28.1 Å². The Hall–Kier alpha value is -1.00. The summed E-state index contributed by atoms with van der Waals surface area (Å²) in [6, 6.07) is 0. The molecule has 0 amide bonds. The second-order valence-electron chi connectivity index (χ2n) is 5.82. The molecule has 142 valence electrons. The van der Waals surface area contributed by atoms with E-state index in [2.05, 4.69) is 0 Å². The molecule has 24 heavy (non-hydrogen) atoms. The molecular formula is C15H30O8Si. The van der Waals surface area contributed by atoms with E-state index in [4.69, 9.17) is 28.1 Å². The summed E-state index contributed by atoms with van der Waals surface area (Å²) in [6.45, 7) is 10.2. The highest BCUT2D eigenvalue weighted by atomic mass is 28.4. The first-order valence-corrected chi connectivity index (χ1v) is 11.4. The molecule has 0 N–H and O–H groups in total. The van der Waals surface area contributed by atoms with Crippen LogP contribution in [0.3, 0.4) is 0 Å². The van der Waals surface area contributed by atoms with Crippen LogP contribution < -0.4 is 0 Å². The number of hydrogen-bond donors (Lipinski definition) is 0. The van der Waals surface area contributed by atoms with E-state index in [1.807, 2.05) is 19.6 Å². The van der Waals surface area contributed by atoms with Crippen LogP contribution in [-0.4, -0.2) is 79.7 Å². The van der Waals surface area contributed by atoms with Crippen molar-refractivity contribution in [3.63, 3.8) is 0 Å². The van der Waals surface area contributed by atoms with E-state index in [1.54, 1.807) is 0 Å². The Morgan fingerprint density at radius 2 is 1.12 bits per heavy atom. The molecule has 0 rings (SSSR count). The van der Waals surface area contributed by atoms with Crippen molar-refractivity contribution in [2.75, 3.05) is 59.5 Å². The lowest BCUT2D eigenvalue weighted by atomic mass is 10.7. The fourth-order valence-electron chi connectivity index (χ4n) is 1.43. The van der Waals surface area contributed by atoms with Crippen molar-refractivity contribution in [3.8, 4) is 0 Å². The molecular weight excluding hydrogens is 336 g/mol. The highest BCUT2D eigenvalue weighted by Gasteiger charge is 2.19. The van der Waals surface area contributed by atoms with Crippen LogP contribution in [0.4, 0.5) is 0 Å². The molecule has 0 saturated heterocycles. The summed E-state index contributed by atoms with van der Waals surface area (Å²) in [6.07, 6.45) is 0. The lowest BCUT2D eigenvalue weighted by molar-refractivity contribution is -0.143. The van der Waals surface area contributed by atoms with Crippen LogP contribution in [0.1, 0.15) is 6.92 Å². The molecule has 0 aliphatic heterocycles. The molecule has 0 saturated carbocycles. The largest absolute Gasteiger partial charge is 0.518 e. The summed E-state index contributed by atoms with van der Waals surface area (Å²) in [5.41, 5.74) is 0. The zero-order valence-electron chi connectivity index (χ0n) is 15.1. The van der Waals surface area contributed by atoms with Gasteiger partial charge in [0.25, 0.3) is 0 Å². The van der Waals surface area contributed by atoms with Crippen LogP contribution in [0.25, 0.3) is 0 Å². The third-order valence-corrected chi connectivity index (χ3v) is 3.13. The first kappa shape index (κ1) is 23.0. The SMILES string of the molecule is CC(=O)OCCOCCOCCOCCOCC(=O)O[Si](C)(C)C. The molecule has 0 radical (unpaired) electrons. The molecule has 0 aliphatic carbocycles. The third kappa shape index (κ3) is 19.0. The van der Waals surface area contributed by atoms with E-state index in [0.29, 0.717) is 46.2 Å². The Labute approximate surface area is 144 Å². The van der Waals surface area contributed by atoms with E-state index >= 15 is 0 Å². The number of hydrogen-bond acceptors (Lipinski definition) is 8. The molecule has 0 heterocycles. The predicted octanol–water partition coefficient (Wildman–Crippen LogP) is 0.994. The van der Waals surface area contributed by atoms with Gasteiger partial charge in [-0.15, -0.1) is 0 Å². The Balaban J connectivity index is 3.18. The van der Waals surface area contributed by atoms with Crippen molar-refractivity contribution in [3.05, 3.63) is 0 Å². The maximum absolute atomic E-state index is 11.4. The average molecular weight is 366 g/mol. The number of carbonyl (C=O) groups is 2. The van der Waals surface area contributed by atoms with E-state index in [0.717, 1.165) is 0 Å². The average Bonchev–Trinajstić information content (AvgIpc) is 2.45. The first-order valence-electron chi connectivity index (χ1n) is 7.97. The Morgan fingerprint density at radius 3 is 1.54 bits per heavy atom. The maximum atomic E-state index is 11.4. The lowest BCUT2D eigenvalue weighted by Crippen LogP contribution is -2.31. The normalized spacial score (nSPS) is 11.3. The van der Waals surface area contributed by atoms with Gasteiger partial charge in [0.2, 0.25) is 8.32 Å². The molecule has 0 atom stereocenters. The molecule has 0 aromatic heterocycles. The number of carbonyl (C=O) groups excluding carboxylic acids is 2. The minimum Gasteiger partial charge on any atom is -0.518 e. The molecule has 0 unspecified atom stereocenters. The van der Waals surface area contributed by atoms with E-state index in [1.165, 1.54) is 6.92 Å². The summed E-state index contributed by atoms with van der Waals surface area (Å²) in [7, 11) is -1.84. The van der Waals surface area contributed by atoms with Gasteiger partial charge in [-0.3, -0.25) is 9.59 Å². The highest BCUT2D eigenvalue weighted by molar-refractivity contribution is 6.71. The van der Waals surface area contributed by atoms with Gasteiger partial charge >= 0.3 is 11.9 Å². The number of esters is 1. The van der Waals surface area contributed by atoms with Crippen molar-refractivity contribution in [2.45, 2.75) is 26.6 Å². The second kappa shape index (κ2) is 14.3. The van der Waals surface area contributed by atoms with Crippen LogP contribution in [0, 0.1) is 0 Å². The van der Waals surface area contributed by atoms with Crippen molar-refractivity contribution in [1.82, 2.24) is 0 Å². The van der Waals surface area contributed by atoms with Gasteiger partial charge in [-0.25, -0.2) is 0 Å². The Bertz CT molecular complexity index is 343. The molecule has 0 aromatic rings. The van der Waals surface area contributed by atoms with Gasteiger partial charge in [-0.2, -0.15) is 0 Å². The fraction of sp³-hybridized carbons (Fsp3) is 0.867. The third-order valence-electron chi connectivity index (χ3n) is 2.29. The molecule has 0 aliphatic rings. The summed E-state index contributed by atoms with van der Waals surface area (Å²) in [5.74, 6) is -0.643. The summed E-state index contributed by atoms with van der Waals surface area (Å²) >= 11 is 0. The van der Waals surface area contributed by atoms with Gasteiger partial charge in [0.1, 0.15) is 13.2 Å². The van der Waals surface area contributed by atoms with Crippen molar-refractivity contribution >= 4 is 20.3 Å². The zero-order chi connectivity index (χ0) is 18.3.